The molecule has 8 heteroatoms. The van der Waals surface area contributed by atoms with Gasteiger partial charge in [0, 0.05) is 37.3 Å². The lowest BCUT2D eigenvalue weighted by atomic mass is 10.1. The molecule has 0 radical (unpaired) electrons. The molecule has 1 heterocycles. The van der Waals surface area contributed by atoms with Crippen molar-refractivity contribution >= 4 is 11.8 Å². The van der Waals surface area contributed by atoms with Gasteiger partial charge < -0.3 is 15.0 Å². The zero-order valence-electron chi connectivity index (χ0n) is 15.5. The Bertz CT molecular complexity index is 660. The van der Waals surface area contributed by atoms with Gasteiger partial charge in [-0.25, -0.2) is 9.18 Å². The minimum Gasteiger partial charge on any atom is -0.444 e. The van der Waals surface area contributed by atoms with Gasteiger partial charge in [0.15, 0.2) is 0 Å². The number of hydrogen-bond donors (Lipinski definition) is 1. The van der Waals surface area contributed by atoms with Crippen LogP contribution in [0.25, 0.3) is 0 Å². The minimum atomic E-state index is -0.621. The van der Waals surface area contributed by atoms with E-state index in [1.807, 2.05) is 20.8 Å². The first-order valence-electron chi connectivity index (χ1n) is 8.80. The number of ether oxygens (including phenoxy) is 1. The van der Waals surface area contributed by atoms with Gasteiger partial charge in [-0.3, -0.25) is 10.1 Å². The van der Waals surface area contributed by atoms with Crippen LogP contribution in [0, 0.1) is 15.9 Å². The van der Waals surface area contributed by atoms with Gasteiger partial charge in [0.2, 0.25) is 0 Å². The van der Waals surface area contributed by atoms with Gasteiger partial charge in [-0.15, -0.1) is 0 Å². The van der Waals surface area contributed by atoms with Crippen molar-refractivity contribution in [2.45, 2.75) is 58.2 Å². The number of nitro groups is 1. The summed E-state index contributed by atoms with van der Waals surface area (Å²) in [5.41, 5.74) is -0.450. The molecule has 1 aromatic carbocycles. The van der Waals surface area contributed by atoms with E-state index in [0.717, 1.165) is 25.3 Å². The summed E-state index contributed by atoms with van der Waals surface area (Å²) in [5, 5.41) is 13.9. The van der Waals surface area contributed by atoms with Gasteiger partial charge in [0.25, 0.3) is 5.69 Å². The van der Waals surface area contributed by atoms with E-state index in [0.29, 0.717) is 18.7 Å². The number of nitro benzene ring substituents is 1. The van der Waals surface area contributed by atoms with E-state index < -0.39 is 16.3 Å². The quantitative estimate of drug-likeness (QED) is 0.649. The summed E-state index contributed by atoms with van der Waals surface area (Å²) in [6, 6.07) is 3.65. The van der Waals surface area contributed by atoms with Gasteiger partial charge in [0.05, 0.1) is 11.0 Å². The Kier molecular flexibility index (Phi) is 6.52. The highest BCUT2D eigenvalue weighted by Gasteiger charge is 2.26. The first kappa shape index (κ1) is 20.1. The number of non-ortho nitro benzene ring substituents is 1. The second kappa shape index (κ2) is 8.44. The monoisotopic (exact) mass is 367 g/mol. The predicted octanol–water partition coefficient (Wildman–Crippen LogP) is 3.61. The van der Waals surface area contributed by atoms with E-state index in [2.05, 4.69) is 5.32 Å². The average molecular weight is 367 g/mol. The van der Waals surface area contributed by atoms with Gasteiger partial charge in [-0.2, -0.15) is 0 Å². The second-order valence-corrected chi connectivity index (χ2v) is 7.53. The summed E-state index contributed by atoms with van der Waals surface area (Å²) in [7, 11) is 0. The van der Waals surface area contributed by atoms with Gasteiger partial charge in [0.1, 0.15) is 11.4 Å². The van der Waals surface area contributed by atoms with Crippen LogP contribution in [-0.4, -0.2) is 40.6 Å². The molecule has 0 aliphatic carbocycles. The molecule has 26 heavy (non-hydrogen) atoms. The van der Waals surface area contributed by atoms with Gasteiger partial charge in [-0.1, -0.05) is 6.42 Å². The fourth-order valence-electron chi connectivity index (χ4n) is 2.85. The van der Waals surface area contributed by atoms with Crippen molar-refractivity contribution in [2.75, 3.05) is 13.1 Å². The number of nitrogens with zero attached hydrogens (tertiary/aromatic N) is 2. The molecule has 144 valence electrons. The van der Waals surface area contributed by atoms with Crippen molar-refractivity contribution in [1.29, 1.82) is 0 Å². The molecule has 0 spiro atoms. The van der Waals surface area contributed by atoms with Crippen LogP contribution >= 0.6 is 0 Å². The minimum absolute atomic E-state index is 0.0135. The molecule has 0 saturated carbocycles. The number of nitrogens with one attached hydrogen (secondary N) is 1. The number of benzene rings is 1. The normalized spacial score (nSPS) is 18.3. The van der Waals surface area contributed by atoms with Crippen LogP contribution in [0.2, 0.25) is 0 Å². The van der Waals surface area contributed by atoms with E-state index in [1.165, 1.54) is 12.1 Å². The first-order chi connectivity index (χ1) is 12.2. The first-order valence-corrected chi connectivity index (χ1v) is 8.80. The largest absolute Gasteiger partial charge is 0.444 e. The Morgan fingerprint density at radius 3 is 2.77 bits per heavy atom. The lowest BCUT2D eigenvalue weighted by molar-refractivity contribution is -0.385. The molecule has 1 aliphatic rings. The molecule has 1 fully saturated rings. The number of halogens is 1. The topological polar surface area (TPSA) is 84.7 Å². The fraction of sp³-hybridized carbons (Fsp3) is 0.611. The molecule has 1 unspecified atom stereocenters. The molecule has 0 aromatic heterocycles. The van der Waals surface area contributed by atoms with Crippen LogP contribution in [-0.2, 0) is 11.3 Å². The summed E-state index contributed by atoms with van der Waals surface area (Å²) in [6.45, 7) is 6.86. The van der Waals surface area contributed by atoms with Crippen LogP contribution in [0.3, 0.4) is 0 Å². The molecule has 2 rings (SSSR count). The van der Waals surface area contributed by atoms with Crippen LogP contribution < -0.4 is 5.32 Å². The molecular formula is C18H26FN3O4. The zero-order valence-corrected chi connectivity index (χ0v) is 15.5. The van der Waals surface area contributed by atoms with E-state index in [1.54, 1.807) is 4.90 Å². The van der Waals surface area contributed by atoms with Crippen LogP contribution in [0.4, 0.5) is 14.9 Å². The second-order valence-electron chi connectivity index (χ2n) is 7.53. The third kappa shape index (κ3) is 5.94. The molecule has 1 aliphatic heterocycles. The molecule has 1 amide bonds. The van der Waals surface area contributed by atoms with Gasteiger partial charge >= 0.3 is 6.09 Å². The maximum Gasteiger partial charge on any atom is 0.410 e. The van der Waals surface area contributed by atoms with Gasteiger partial charge in [-0.05, 0) is 39.7 Å². The summed E-state index contributed by atoms with van der Waals surface area (Å²) in [5.74, 6) is -0.607. The zero-order chi connectivity index (χ0) is 19.3. The highest BCUT2D eigenvalue weighted by molar-refractivity contribution is 5.68. The van der Waals surface area contributed by atoms with Crippen molar-refractivity contribution in [2.24, 2.45) is 0 Å². The summed E-state index contributed by atoms with van der Waals surface area (Å²) in [6.07, 6.45) is 2.38. The number of amides is 1. The van der Waals surface area contributed by atoms with Crippen molar-refractivity contribution in [3.8, 4) is 0 Å². The number of carbonyl (C=O) groups excluding carboxylic acids is 1. The Morgan fingerprint density at radius 2 is 2.15 bits per heavy atom. The predicted molar refractivity (Wildman–Crippen MR) is 95.3 cm³/mol. The van der Waals surface area contributed by atoms with E-state index >= 15 is 0 Å². The number of hydrogen-bond acceptors (Lipinski definition) is 5. The summed E-state index contributed by atoms with van der Waals surface area (Å²) < 4.78 is 19.4. The average Bonchev–Trinajstić information content (AvgIpc) is 2.77. The van der Waals surface area contributed by atoms with Crippen molar-refractivity contribution < 1.29 is 18.8 Å². The highest BCUT2D eigenvalue weighted by Crippen LogP contribution is 2.18. The smallest absolute Gasteiger partial charge is 0.410 e. The Balaban J connectivity index is 1.96. The summed E-state index contributed by atoms with van der Waals surface area (Å²) >= 11 is 0. The standard InChI is InChI=1S/C18H26FN3O4/c1-18(2,3)26-17(23)21-9-5-4-6-14(12-21)20-11-13-7-8-15(22(24)25)10-16(13)19/h7-8,10,14,20H,4-6,9,11-12H2,1-3H3. The maximum atomic E-state index is 14.0. The van der Waals surface area contributed by atoms with Crippen molar-refractivity contribution in [3.63, 3.8) is 0 Å². The lowest BCUT2D eigenvalue weighted by Gasteiger charge is -2.28. The van der Waals surface area contributed by atoms with E-state index in [9.17, 15) is 19.3 Å². The molecule has 1 N–H and O–H groups in total. The Morgan fingerprint density at radius 1 is 1.42 bits per heavy atom. The van der Waals surface area contributed by atoms with Crippen molar-refractivity contribution in [3.05, 3.63) is 39.7 Å². The molecule has 1 aromatic rings. The maximum absolute atomic E-state index is 14.0. The Hall–Kier alpha value is -2.22. The SMILES string of the molecule is CC(C)(C)OC(=O)N1CCCCC(NCc2ccc([N+](=O)[O-])cc2F)C1. The van der Waals surface area contributed by atoms with Crippen LogP contribution in [0.5, 0.6) is 0 Å². The molecule has 1 saturated heterocycles. The summed E-state index contributed by atoms with van der Waals surface area (Å²) in [4.78, 5) is 24.0. The Labute approximate surface area is 152 Å². The molecule has 0 bridgehead atoms. The fourth-order valence-corrected chi connectivity index (χ4v) is 2.85. The lowest BCUT2D eigenvalue weighted by Crippen LogP contribution is -2.44. The molecular weight excluding hydrogens is 341 g/mol. The number of likely N-dealkylation sites (tertiary alicyclic amines) is 1. The molecule has 7 nitrogen and oxygen atoms in total. The number of rotatable bonds is 4. The van der Waals surface area contributed by atoms with Crippen molar-refractivity contribution in [1.82, 2.24) is 10.2 Å². The van der Waals surface area contributed by atoms with Crippen LogP contribution in [0.1, 0.15) is 45.6 Å². The highest BCUT2D eigenvalue weighted by atomic mass is 19.1. The molecule has 1 atom stereocenters. The van der Waals surface area contributed by atoms with E-state index in [-0.39, 0.29) is 24.4 Å². The third-order valence-electron chi connectivity index (χ3n) is 4.15. The number of carbonyl (C=O) groups is 1. The third-order valence-corrected chi connectivity index (χ3v) is 4.15. The van der Waals surface area contributed by atoms with Crippen LogP contribution in [0.15, 0.2) is 18.2 Å². The van der Waals surface area contributed by atoms with E-state index in [4.69, 9.17) is 4.74 Å².